The van der Waals surface area contributed by atoms with Crippen LogP contribution in [-0.4, -0.2) is 48.4 Å². The van der Waals surface area contributed by atoms with E-state index in [4.69, 9.17) is 9.84 Å². The largest absolute Gasteiger partial charge is 0.468 e. The van der Waals surface area contributed by atoms with E-state index >= 15 is 0 Å². The Kier molecular flexibility index (Phi) is 8.70. The van der Waals surface area contributed by atoms with E-state index in [1.807, 2.05) is 6.92 Å². The van der Waals surface area contributed by atoms with Crippen LogP contribution >= 0.6 is 11.8 Å². The van der Waals surface area contributed by atoms with E-state index in [2.05, 4.69) is 12.2 Å². The minimum Gasteiger partial charge on any atom is -0.468 e. The molecule has 0 heterocycles. The van der Waals surface area contributed by atoms with Crippen molar-refractivity contribution in [3.63, 3.8) is 0 Å². The number of aliphatic hydroxyl groups excluding tert-OH is 1. The fourth-order valence-electron chi connectivity index (χ4n) is 1.33. The molecule has 0 bridgehead atoms. The average Bonchev–Trinajstić information content (AvgIpc) is 2.31. The van der Waals surface area contributed by atoms with Crippen LogP contribution in [0.25, 0.3) is 0 Å². The number of aliphatic hydroxyl groups is 1. The van der Waals surface area contributed by atoms with Gasteiger partial charge in [0.2, 0.25) is 0 Å². The van der Waals surface area contributed by atoms with Crippen molar-refractivity contribution in [1.29, 1.82) is 0 Å². The molecule has 0 saturated heterocycles. The van der Waals surface area contributed by atoms with E-state index in [1.54, 1.807) is 11.8 Å². The van der Waals surface area contributed by atoms with Crippen LogP contribution < -0.4 is 5.32 Å². The summed E-state index contributed by atoms with van der Waals surface area (Å²) < 4.78 is 4.81. The van der Waals surface area contributed by atoms with Crippen molar-refractivity contribution < 1.29 is 14.6 Å². The zero-order valence-electron chi connectivity index (χ0n) is 10.4. The normalized spacial score (nSPS) is 14.5. The van der Waals surface area contributed by atoms with Gasteiger partial charge < -0.3 is 15.2 Å². The first-order chi connectivity index (χ1) is 7.60. The van der Waals surface area contributed by atoms with Gasteiger partial charge in [0.15, 0.2) is 0 Å². The maximum absolute atomic E-state index is 11.7. The molecule has 5 heteroatoms. The Labute approximate surface area is 102 Å². The van der Waals surface area contributed by atoms with Gasteiger partial charge in [0.1, 0.15) is 5.54 Å². The summed E-state index contributed by atoms with van der Waals surface area (Å²) in [6.45, 7) is 4.91. The van der Waals surface area contributed by atoms with Crippen LogP contribution in [0, 0.1) is 0 Å². The highest BCUT2D eigenvalue weighted by molar-refractivity contribution is 7.99. The van der Waals surface area contributed by atoms with Gasteiger partial charge >= 0.3 is 5.97 Å². The molecule has 96 valence electrons. The van der Waals surface area contributed by atoms with Crippen molar-refractivity contribution >= 4 is 17.7 Å². The molecule has 0 amide bonds. The summed E-state index contributed by atoms with van der Waals surface area (Å²) >= 11 is 1.64. The monoisotopic (exact) mass is 249 g/mol. The van der Waals surface area contributed by atoms with Crippen LogP contribution in [0.4, 0.5) is 0 Å². The Balaban J connectivity index is 4.13. The Hall–Kier alpha value is -0.260. The third-order valence-corrected chi connectivity index (χ3v) is 3.35. The topological polar surface area (TPSA) is 58.6 Å². The van der Waals surface area contributed by atoms with E-state index in [1.165, 1.54) is 7.11 Å². The lowest BCUT2D eigenvalue weighted by molar-refractivity contribution is -0.148. The predicted molar refractivity (Wildman–Crippen MR) is 67.7 cm³/mol. The summed E-state index contributed by atoms with van der Waals surface area (Å²) in [5.41, 5.74) is -0.604. The molecule has 0 aliphatic rings. The molecule has 0 aromatic carbocycles. The summed E-state index contributed by atoms with van der Waals surface area (Å²) in [6, 6.07) is 0. The molecule has 0 saturated carbocycles. The molecule has 0 aromatic heterocycles. The lowest BCUT2D eigenvalue weighted by Gasteiger charge is -2.27. The third-order valence-electron chi connectivity index (χ3n) is 2.38. The van der Waals surface area contributed by atoms with E-state index in [9.17, 15) is 4.79 Å². The van der Waals surface area contributed by atoms with Crippen LogP contribution in [0.2, 0.25) is 0 Å². The highest BCUT2D eigenvalue weighted by Crippen LogP contribution is 2.16. The SMILES string of the molecule is CCCNC(C)(CCSCCO)C(=O)OC. The lowest BCUT2D eigenvalue weighted by Crippen LogP contribution is -2.50. The standard InChI is InChI=1S/C11H23NO3S/c1-4-6-12-11(2,10(14)15-3)5-8-16-9-7-13/h12-13H,4-9H2,1-3H3. The van der Waals surface area contributed by atoms with Gasteiger partial charge in [0.05, 0.1) is 13.7 Å². The number of hydrogen-bond donors (Lipinski definition) is 2. The van der Waals surface area contributed by atoms with E-state index < -0.39 is 5.54 Å². The highest BCUT2D eigenvalue weighted by atomic mass is 32.2. The van der Waals surface area contributed by atoms with Gasteiger partial charge in [-0.25, -0.2) is 0 Å². The molecule has 0 fully saturated rings. The number of carbonyl (C=O) groups is 1. The van der Waals surface area contributed by atoms with Crippen molar-refractivity contribution in [2.24, 2.45) is 0 Å². The van der Waals surface area contributed by atoms with Gasteiger partial charge in [0, 0.05) is 5.75 Å². The summed E-state index contributed by atoms with van der Waals surface area (Å²) in [7, 11) is 1.41. The minimum absolute atomic E-state index is 0.183. The van der Waals surface area contributed by atoms with Crippen molar-refractivity contribution in [2.45, 2.75) is 32.2 Å². The second-order valence-corrected chi connectivity index (χ2v) is 5.06. The average molecular weight is 249 g/mol. The van der Waals surface area contributed by atoms with Crippen molar-refractivity contribution in [1.82, 2.24) is 5.32 Å². The Morgan fingerprint density at radius 1 is 1.50 bits per heavy atom. The van der Waals surface area contributed by atoms with E-state index in [0.29, 0.717) is 12.2 Å². The number of ether oxygens (including phenoxy) is 1. The number of methoxy groups -OCH3 is 1. The van der Waals surface area contributed by atoms with Crippen LogP contribution in [0.1, 0.15) is 26.7 Å². The fourth-order valence-corrected chi connectivity index (χ4v) is 2.22. The fraction of sp³-hybridized carbons (Fsp3) is 0.909. The van der Waals surface area contributed by atoms with Crippen molar-refractivity contribution in [2.75, 3.05) is 31.8 Å². The number of rotatable bonds is 9. The number of nitrogens with one attached hydrogen (secondary N) is 1. The molecule has 0 rings (SSSR count). The van der Waals surface area contributed by atoms with Gasteiger partial charge in [-0.15, -0.1) is 0 Å². The molecular weight excluding hydrogens is 226 g/mol. The summed E-state index contributed by atoms with van der Waals surface area (Å²) in [4.78, 5) is 11.7. The number of thioether (sulfide) groups is 1. The molecule has 0 aliphatic heterocycles. The van der Waals surface area contributed by atoms with Gasteiger partial charge in [-0.3, -0.25) is 4.79 Å². The van der Waals surface area contributed by atoms with Crippen LogP contribution in [0.5, 0.6) is 0 Å². The second kappa shape index (κ2) is 8.84. The van der Waals surface area contributed by atoms with Crippen molar-refractivity contribution in [3.8, 4) is 0 Å². The molecule has 0 aliphatic carbocycles. The predicted octanol–water partition coefficient (Wildman–Crippen LogP) is 1.03. The first-order valence-corrected chi connectivity index (χ1v) is 6.78. The first kappa shape index (κ1) is 15.7. The molecule has 1 unspecified atom stereocenters. The van der Waals surface area contributed by atoms with Crippen LogP contribution in [0.15, 0.2) is 0 Å². The smallest absolute Gasteiger partial charge is 0.325 e. The van der Waals surface area contributed by atoms with Gasteiger partial charge in [-0.1, -0.05) is 6.92 Å². The summed E-state index contributed by atoms with van der Waals surface area (Å²) in [5, 5.41) is 11.9. The molecule has 1 atom stereocenters. The molecule has 0 spiro atoms. The zero-order chi connectivity index (χ0) is 12.4. The summed E-state index contributed by atoms with van der Waals surface area (Å²) in [5.74, 6) is 1.33. The maximum atomic E-state index is 11.7. The van der Waals surface area contributed by atoms with Gasteiger partial charge in [0.25, 0.3) is 0 Å². The Bertz CT molecular complexity index is 202. The molecule has 0 radical (unpaired) electrons. The van der Waals surface area contributed by atoms with Crippen LogP contribution in [-0.2, 0) is 9.53 Å². The molecular formula is C11H23NO3S. The first-order valence-electron chi connectivity index (χ1n) is 5.62. The summed E-state index contributed by atoms with van der Waals surface area (Å²) in [6.07, 6.45) is 1.70. The number of carbonyl (C=O) groups excluding carboxylic acids is 1. The second-order valence-electron chi connectivity index (χ2n) is 3.84. The Morgan fingerprint density at radius 3 is 2.69 bits per heavy atom. The quantitative estimate of drug-likeness (QED) is 0.472. The Morgan fingerprint density at radius 2 is 2.19 bits per heavy atom. The molecule has 2 N–H and O–H groups in total. The third kappa shape index (κ3) is 5.72. The molecule has 4 nitrogen and oxygen atoms in total. The maximum Gasteiger partial charge on any atom is 0.325 e. The van der Waals surface area contributed by atoms with Gasteiger partial charge in [-0.2, -0.15) is 11.8 Å². The molecule has 16 heavy (non-hydrogen) atoms. The lowest BCUT2D eigenvalue weighted by atomic mass is 9.99. The number of esters is 1. The minimum atomic E-state index is -0.604. The van der Waals surface area contributed by atoms with E-state index in [-0.39, 0.29) is 12.6 Å². The van der Waals surface area contributed by atoms with Crippen LogP contribution in [0.3, 0.4) is 0 Å². The highest BCUT2D eigenvalue weighted by Gasteiger charge is 2.32. The number of hydrogen-bond acceptors (Lipinski definition) is 5. The van der Waals surface area contributed by atoms with E-state index in [0.717, 1.165) is 18.7 Å². The van der Waals surface area contributed by atoms with Crippen molar-refractivity contribution in [3.05, 3.63) is 0 Å². The molecule has 0 aromatic rings. The van der Waals surface area contributed by atoms with Gasteiger partial charge in [-0.05, 0) is 32.1 Å². The zero-order valence-corrected chi connectivity index (χ0v) is 11.2.